The summed E-state index contributed by atoms with van der Waals surface area (Å²) < 4.78 is 28.2. The van der Waals surface area contributed by atoms with Gasteiger partial charge in [-0.15, -0.1) is 0 Å². The van der Waals surface area contributed by atoms with Crippen molar-refractivity contribution in [3.63, 3.8) is 0 Å². The zero-order valence-electron chi connectivity index (χ0n) is 6.12. The molecule has 0 radical (unpaired) electrons. The van der Waals surface area contributed by atoms with Crippen LogP contribution in [0.2, 0.25) is 0 Å². The topological polar surface area (TPSA) is 81.4 Å². The van der Waals surface area contributed by atoms with Crippen LogP contribution in [0, 0.1) is 0 Å². The Morgan fingerprint density at radius 3 is 2.64 bits per heavy atom. The highest BCUT2D eigenvalue weighted by Crippen LogP contribution is 2.10. The highest BCUT2D eigenvalue weighted by atomic mass is 32.2. The second-order valence-corrected chi connectivity index (χ2v) is 3.84. The number of rotatable bonds is 2. The van der Waals surface area contributed by atoms with E-state index in [1.165, 1.54) is 0 Å². The first-order valence-corrected chi connectivity index (χ1v) is 5.04. The molecule has 1 saturated heterocycles. The van der Waals surface area contributed by atoms with Gasteiger partial charge in [0.2, 0.25) is 0 Å². The van der Waals surface area contributed by atoms with Crippen molar-refractivity contribution in [3.05, 3.63) is 0 Å². The minimum atomic E-state index is -3.60. The van der Waals surface area contributed by atoms with E-state index in [1.807, 2.05) is 0 Å². The Bertz CT molecular complexity index is 208. The molecule has 0 aromatic heterocycles. The summed E-state index contributed by atoms with van der Waals surface area (Å²) in [6, 6.07) is 0. The third kappa shape index (κ3) is 3.66. The van der Waals surface area contributed by atoms with Crippen LogP contribution in [0.3, 0.4) is 0 Å². The average Bonchev–Trinajstić information content (AvgIpc) is 1.85. The van der Waals surface area contributed by atoms with Gasteiger partial charge in [-0.2, -0.15) is 13.1 Å². The summed E-state index contributed by atoms with van der Waals surface area (Å²) in [5, 5.41) is 4.75. The Kier molecular flexibility index (Phi) is 2.83. The van der Waals surface area contributed by atoms with Gasteiger partial charge >= 0.3 is 0 Å². The van der Waals surface area contributed by atoms with E-state index < -0.39 is 16.4 Å². The van der Waals surface area contributed by atoms with Crippen molar-refractivity contribution in [1.29, 1.82) is 0 Å². The van der Waals surface area contributed by atoms with E-state index in [0.717, 1.165) is 12.8 Å². The van der Waals surface area contributed by atoms with Gasteiger partial charge in [-0.05, 0) is 19.3 Å². The fourth-order valence-corrected chi connectivity index (χ4v) is 1.57. The molecule has 11 heavy (non-hydrogen) atoms. The minimum absolute atomic E-state index is 0.418. The van der Waals surface area contributed by atoms with Crippen LogP contribution in [0.4, 0.5) is 0 Å². The van der Waals surface area contributed by atoms with Crippen LogP contribution >= 0.6 is 0 Å². The van der Waals surface area contributed by atoms with E-state index >= 15 is 0 Å². The van der Waals surface area contributed by atoms with Gasteiger partial charge in [0, 0.05) is 6.61 Å². The first-order chi connectivity index (χ1) is 5.08. The Morgan fingerprint density at radius 2 is 2.18 bits per heavy atom. The number of hydrogen-bond donors (Lipinski definition) is 2. The monoisotopic (exact) mass is 180 g/mol. The number of ether oxygens (including phenoxy) is 1. The predicted octanol–water partition coefficient (Wildman–Crippen LogP) is -0.694. The molecular formula is C5H12N2O3S. The van der Waals surface area contributed by atoms with Crippen molar-refractivity contribution < 1.29 is 13.2 Å². The van der Waals surface area contributed by atoms with Gasteiger partial charge in [0.25, 0.3) is 10.2 Å². The van der Waals surface area contributed by atoms with Crippen molar-refractivity contribution >= 4 is 10.2 Å². The van der Waals surface area contributed by atoms with E-state index in [2.05, 4.69) is 4.72 Å². The molecule has 0 aromatic rings. The number of hydrogen-bond acceptors (Lipinski definition) is 3. The normalized spacial score (nSPS) is 26.8. The SMILES string of the molecule is NS(=O)(=O)N[C@H]1CCCCO1. The third-order valence-corrected chi connectivity index (χ3v) is 2.07. The summed E-state index contributed by atoms with van der Waals surface area (Å²) >= 11 is 0. The van der Waals surface area contributed by atoms with Gasteiger partial charge in [-0.1, -0.05) is 0 Å². The zero-order valence-corrected chi connectivity index (χ0v) is 6.93. The standard InChI is InChI=1S/C5H12N2O3S/c6-11(8,9)7-5-3-1-2-4-10-5/h5,7H,1-4H2,(H2,6,8,9)/t5-/m1/s1. The van der Waals surface area contributed by atoms with Crippen LogP contribution in [0.25, 0.3) is 0 Å². The first kappa shape index (κ1) is 8.92. The van der Waals surface area contributed by atoms with Gasteiger partial charge < -0.3 is 4.74 Å². The van der Waals surface area contributed by atoms with Crippen LogP contribution in [0.1, 0.15) is 19.3 Å². The lowest BCUT2D eigenvalue weighted by molar-refractivity contribution is 0.00956. The molecule has 1 fully saturated rings. The molecule has 1 aliphatic rings. The van der Waals surface area contributed by atoms with Crippen LogP contribution in [0.15, 0.2) is 0 Å². The summed E-state index contributed by atoms with van der Waals surface area (Å²) in [7, 11) is -3.60. The summed E-state index contributed by atoms with van der Waals surface area (Å²) in [5.41, 5.74) is 0. The van der Waals surface area contributed by atoms with Crippen LogP contribution in [0.5, 0.6) is 0 Å². The second kappa shape index (κ2) is 3.48. The Hall–Kier alpha value is -0.170. The molecule has 0 spiro atoms. The fraction of sp³-hybridized carbons (Fsp3) is 1.00. The highest BCUT2D eigenvalue weighted by molar-refractivity contribution is 7.87. The van der Waals surface area contributed by atoms with Gasteiger partial charge in [-0.3, -0.25) is 0 Å². The molecule has 0 saturated carbocycles. The van der Waals surface area contributed by atoms with E-state index in [9.17, 15) is 8.42 Å². The molecule has 0 amide bonds. The van der Waals surface area contributed by atoms with Crippen LogP contribution in [-0.4, -0.2) is 21.3 Å². The van der Waals surface area contributed by atoms with Gasteiger partial charge in [0.1, 0.15) is 6.23 Å². The summed E-state index contributed by atoms with van der Waals surface area (Å²) in [6.45, 7) is 0.604. The molecule has 1 aliphatic heterocycles. The predicted molar refractivity (Wildman–Crippen MR) is 39.8 cm³/mol. The molecule has 0 aromatic carbocycles. The molecule has 3 N–H and O–H groups in total. The van der Waals surface area contributed by atoms with Gasteiger partial charge in [-0.25, -0.2) is 5.14 Å². The van der Waals surface area contributed by atoms with Crippen LogP contribution < -0.4 is 9.86 Å². The quantitative estimate of drug-likeness (QED) is 0.590. The average molecular weight is 180 g/mol. The second-order valence-electron chi connectivity index (χ2n) is 2.52. The lowest BCUT2D eigenvalue weighted by atomic mass is 10.2. The maximum atomic E-state index is 10.5. The molecule has 5 nitrogen and oxygen atoms in total. The third-order valence-electron chi connectivity index (χ3n) is 1.48. The van der Waals surface area contributed by atoms with Crippen molar-refractivity contribution in [2.45, 2.75) is 25.5 Å². The van der Waals surface area contributed by atoms with E-state index in [0.29, 0.717) is 13.0 Å². The van der Waals surface area contributed by atoms with Crippen LogP contribution in [-0.2, 0) is 14.9 Å². The largest absolute Gasteiger partial charge is 0.362 e. The zero-order chi connectivity index (χ0) is 8.32. The lowest BCUT2D eigenvalue weighted by Crippen LogP contribution is -2.42. The number of nitrogens with two attached hydrogens (primary N) is 1. The highest BCUT2D eigenvalue weighted by Gasteiger charge is 2.17. The minimum Gasteiger partial charge on any atom is -0.362 e. The van der Waals surface area contributed by atoms with E-state index in [-0.39, 0.29) is 0 Å². The Labute approximate surface area is 66.1 Å². The molecule has 0 unspecified atom stereocenters. The molecule has 66 valence electrons. The summed E-state index contributed by atoms with van der Waals surface area (Å²) in [5.74, 6) is 0. The molecule has 0 bridgehead atoms. The molecular weight excluding hydrogens is 168 g/mol. The fourth-order valence-electron chi connectivity index (χ4n) is 1.02. The van der Waals surface area contributed by atoms with Crippen molar-refractivity contribution in [2.24, 2.45) is 5.14 Å². The van der Waals surface area contributed by atoms with Crippen molar-refractivity contribution in [2.75, 3.05) is 6.61 Å². The number of nitrogens with one attached hydrogen (secondary N) is 1. The molecule has 6 heteroatoms. The summed E-state index contributed by atoms with van der Waals surface area (Å²) in [4.78, 5) is 0. The van der Waals surface area contributed by atoms with E-state index in [4.69, 9.17) is 9.88 Å². The smallest absolute Gasteiger partial charge is 0.276 e. The molecule has 1 atom stereocenters. The van der Waals surface area contributed by atoms with Gasteiger partial charge in [0.05, 0.1) is 0 Å². The Morgan fingerprint density at radius 1 is 1.45 bits per heavy atom. The summed E-state index contributed by atoms with van der Waals surface area (Å²) in [6.07, 6.45) is 2.26. The maximum Gasteiger partial charge on any atom is 0.276 e. The van der Waals surface area contributed by atoms with Gasteiger partial charge in [0.15, 0.2) is 0 Å². The van der Waals surface area contributed by atoms with Crippen molar-refractivity contribution in [1.82, 2.24) is 4.72 Å². The molecule has 1 heterocycles. The van der Waals surface area contributed by atoms with Crippen molar-refractivity contribution in [3.8, 4) is 0 Å². The van der Waals surface area contributed by atoms with E-state index in [1.54, 1.807) is 0 Å². The molecule has 1 rings (SSSR count). The first-order valence-electron chi connectivity index (χ1n) is 3.49. The maximum absolute atomic E-state index is 10.5. The lowest BCUT2D eigenvalue weighted by Gasteiger charge is -2.21. The Balaban J connectivity index is 2.36. The molecule has 0 aliphatic carbocycles.